The lowest BCUT2D eigenvalue weighted by Crippen LogP contribution is -2.21. The topological polar surface area (TPSA) is 12.4 Å². The van der Waals surface area contributed by atoms with Crippen LogP contribution in [0.2, 0.25) is 0 Å². The van der Waals surface area contributed by atoms with Gasteiger partial charge in [0.25, 0.3) is 0 Å². The average molecular weight is 202 g/mol. The molecule has 0 N–H and O–H groups in total. The summed E-state index contributed by atoms with van der Waals surface area (Å²) in [6, 6.07) is 8.13. The van der Waals surface area contributed by atoms with E-state index in [0.29, 0.717) is 0 Å². The van der Waals surface area contributed by atoms with Crippen molar-refractivity contribution in [3.63, 3.8) is 0 Å². The zero-order valence-electron chi connectivity index (χ0n) is 7.50. The van der Waals surface area contributed by atoms with Crippen LogP contribution in [0, 0.1) is 0 Å². The Balaban J connectivity index is 2.49. The van der Waals surface area contributed by atoms with E-state index in [1.165, 1.54) is 5.22 Å². The van der Waals surface area contributed by atoms with Crippen molar-refractivity contribution in [1.29, 1.82) is 0 Å². The summed E-state index contributed by atoms with van der Waals surface area (Å²) in [5.74, 6) is 0. The highest BCUT2D eigenvalue weighted by Crippen LogP contribution is 2.28. The summed E-state index contributed by atoms with van der Waals surface area (Å²) in [6.07, 6.45) is 4.99. The van der Waals surface area contributed by atoms with Crippen molar-refractivity contribution in [2.24, 2.45) is 4.99 Å². The van der Waals surface area contributed by atoms with Gasteiger partial charge in [0.05, 0.1) is 11.1 Å². The van der Waals surface area contributed by atoms with Crippen molar-refractivity contribution in [1.82, 2.24) is 0 Å². The van der Waals surface area contributed by atoms with Gasteiger partial charge in [0.2, 0.25) is 0 Å². The normalized spacial score (nSPS) is 17.9. The number of benzene rings is 1. The fourth-order valence-electron chi connectivity index (χ4n) is 1.86. The van der Waals surface area contributed by atoms with Crippen LogP contribution in [0.5, 0.6) is 0 Å². The molecule has 0 amide bonds. The van der Waals surface area contributed by atoms with Crippen LogP contribution < -0.4 is 10.6 Å². The molecule has 0 saturated carbocycles. The van der Waals surface area contributed by atoms with E-state index >= 15 is 0 Å². The van der Waals surface area contributed by atoms with Crippen LogP contribution in [0.15, 0.2) is 52.1 Å². The molecule has 1 nitrogen and oxygen atoms in total. The number of halogens is 1. The van der Waals surface area contributed by atoms with Gasteiger partial charge in [-0.05, 0) is 6.07 Å². The minimum Gasteiger partial charge on any atom is -0.247 e. The van der Waals surface area contributed by atoms with Crippen LogP contribution in [0.3, 0.4) is 0 Å². The van der Waals surface area contributed by atoms with Crippen molar-refractivity contribution in [3.8, 4) is 0 Å². The Morgan fingerprint density at radius 1 is 1.21 bits per heavy atom. The highest BCUT2D eigenvalue weighted by molar-refractivity contribution is 6.31. The molecular weight excluding hydrogens is 194 g/mol. The first-order valence-corrected chi connectivity index (χ1v) is 4.98. The lowest BCUT2D eigenvalue weighted by molar-refractivity contribution is 1.22. The maximum Gasteiger partial charge on any atom is 0.0864 e. The zero-order chi connectivity index (χ0) is 9.54. The second-order valence-electron chi connectivity index (χ2n) is 3.40. The quantitative estimate of drug-likeness (QED) is 0.608. The van der Waals surface area contributed by atoms with E-state index in [2.05, 4.69) is 23.2 Å². The second-order valence-corrected chi connectivity index (χ2v) is 3.86. The fraction of sp³-hybridized carbons (Fsp3) is 0.0833. The molecule has 0 atom stereocenters. The molecular formula is C12H8ClN. The number of para-hydroxylation sites is 1. The smallest absolute Gasteiger partial charge is 0.0864 e. The van der Waals surface area contributed by atoms with Crippen molar-refractivity contribution in [3.05, 3.63) is 57.7 Å². The van der Waals surface area contributed by atoms with E-state index in [4.69, 9.17) is 11.6 Å². The summed E-state index contributed by atoms with van der Waals surface area (Å²) in [5.41, 5.74) is 2.12. The molecule has 0 spiro atoms. The Bertz CT molecular complexity index is 579. The molecule has 0 radical (unpaired) electrons. The predicted octanol–water partition coefficient (Wildman–Crippen LogP) is 1.88. The number of hydrogen-bond donors (Lipinski definition) is 0. The number of rotatable bonds is 0. The third kappa shape index (κ3) is 0.992. The Morgan fingerprint density at radius 3 is 3.00 bits per heavy atom. The van der Waals surface area contributed by atoms with Crippen molar-refractivity contribution in [2.75, 3.05) is 0 Å². The maximum atomic E-state index is 6.12. The van der Waals surface area contributed by atoms with Crippen molar-refractivity contribution >= 4 is 17.2 Å². The lowest BCUT2D eigenvalue weighted by atomic mass is 10.1. The van der Waals surface area contributed by atoms with E-state index in [9.17, 15) is 0 Å². The molecule has 0 bridgehead atoms. The van der Waals surface area contributed by atoms with Gasteiger partial charge >= 0.3 is 0 Å². The van der Waals surface area contributed by atoms with Gasteiger partial charge in [0.1, 0.15) is 0 Å². The van der Waals surface area contributed by atoms with Gasteiger partial charge in [-0.3, -0.25) is 0 Å². The average Bonchev–Trinajstić information content (AvgIpc) is 2.59. The SMILES string of the molecule is ClC1=C2N=c3ccccc3=C2C=CC1. The van der Waals surface area contributed by atoms with Gasteiger partial charge in [-0.25, -0.2) is 4.99 Å². The maximum absolute atomic E-state index is 6.12. The molecule has 1 aromatic rings. The number of fused-ring (bicyclic) bond motifs is 2. The Morgan fingerprint density at radius 2 is 2.07 bits per heavy atom. The van der Waals surface area contributed by atoms with E-state index in [-0.39, 0.29) is 0 Å². The zero-order valence-corrected chi connectivity index (χ0v) is 8.25. The van der Waals surface area contributed by atoms with Crippen LogP contribution in [0.4, 0.5) is 0 Å². The molecule has 0 unspecified atom stereocenters. The Labute approximate surface area is 86.7 Å². The number of nitrogens with zero attached hydrogens (tertiary/aromatic N) is 1. The first-order chi connectivity index (χ1) is 6.86. The minimum atomic E-state index is 0.803. The van der Waals surface area contributed by atoms with Gasteiger partial charge < -0.3 is 0 Å². The highest BCUT2D eigenvalue weighted by atomic mass is 35.5. The first-order valence-electron chi connectivity index (χ1n) is 4.60. The molecule has 68 valence electrons. The molecule has 1 aliphatic heterocycles. The summed E-state index contributed by atoms with van der Waals surface area (Å²) in [6.45, 7) is 0. The van der Waals surface area contributed by atoms with Crippen LogP contribution in [-0.4, -0.2) is 0 Å². The molecule has 0 fully saturated rings. The summed E-state index contributed by atoms with van der Waals surface area (Å²) in [5, 5.41) is 3.07. The van der Waals surface area contributed by atoms with E-state index in [1.807, 2.05) is 18.2 Å². The predicted molar refractivity (Wildman–Crippen MR) is 57.3 cm³/mol. The molecule has 1 heterocycles. The van der Waals surface area contributed by atoms with Gasteiger partial charge in [-0.2, -0.15) is 0 Å². The molecule has 0 saturated heterocycles. The van der Waals surface area contributed by atoms with Crippen LogP contribution in [0.1, 0.15) is 6.42 Å². The van der Waals surface area contributed by atoms with Gasteiger partial charge in [0.15, 0.2) is 0 Å². The largest absolute Gasteiger partial charge is 0.247 e. The number of allylic oxidation sites excluding steroid dienone is 3. The summed E-state index contributed by atoms with van der Waals surface area (Å²) in [7, 11) is 0. The minimum absolute atomic E-state index is 0.803. The molecule has 2 aliphatic rings. The first kappa shape index (κ1) is 8.01. The summed E-state index contributed by atoms with van der Waals surface area (Å²) < 4.78 is 0. The summed E-state index contributed by atoms with van der Waals surface area (Å²) >= 11 is 6.12. The van der Waals surface area contributed by atoms with Crippen LogP contribution in [0.25, 0.3) is 5.57 Å². The Hall–Kier alpha value is -1.34. The molecule has 2 heteroatoms. The second kappa shape index (κ2) is 2.82. The van der Waals surface area contributed by atoms with Crippen LogP contribution in [-0.2, 0) is 0 Å². The monoisotopic (exact) mass is 201 g/mol. The van der Waals surface area contributed by atoms with Crippen molar-refractivity contribution in [2.45, 2.75) is 6.42 Å². The molecule has 3 rings (SSSR count). The lowest BCUT2D eigenvalue weighted by Gasteiger charge is -2.06. The van der Waals surface area contributed by atoms with E-state index in [0.717, 1.165) is 28.1 Å². The number of hydrogen-bond acceptors (Lipinski definition) is 1. The van der Waals surface area contributed by atoms with Gasteiger partial charge in [-0.15, -0.1) is 0 Å². The van der Waals surface area contributed by atoms with E-state index < -0.39 is 0 Å². The van der Waals surface area contributed by atoms with Crippen LogP contribution >= 0.6 is 11.6 Å². The van der Waals surface area contributed by atoms with Crippen molar-refractivity contribution < 1.29 is 0 Å². The fourth-order valence-corrected chi connectivity index (χ4v) is 2.09. The highest BCUT2D eigenvalue weighted by Gasteiger charge is 2.16. The van der Waals surface area contributed by atoms with Gasteiger partial charge in [0, 0.05) is 22.2 Å². The molecule has 1 aromatic carbocycles. The third-order valence-electron chi connectivity index (χ3n) is 2.52. The molecule has 14 heavy (non-hydrogen) atoms. The molecule has 1 aliphatic carbocycles. The summed E-state index contributed by atoms with van der Waals surface area (Å²) in [4.78, 5) is 4.51. The standard InChI is InChI=1S/C12H8ClN/c13-10-6-3-5-9-8-4-1-2-7-11(8)14-12(9)10/h1-5,7H,6H2. The Kier molecular flexibility index (Phi) is 1.62. The molecule has 0 aromatic heterocycles. The van der Waals surface area contributed by atoms with Gasteiger partial charge in [-0.1, -0.05) is 42.0 Å². The van der Waals surface area contributed by atoms with E-state index in [1.54, 1.807) is 0 Å². The third-order valence-corrected chi connectivity index (χ3v) is 2.85.